The standard InChI is InChI=1S/C17H21N3S/c1-2-9-20(11-12-7-8-12)17-14(16(18)21)10-13-5-3-4-6-15(13)19-17/h3-6,10,12H,2,7-9,11H2,1H3,(H2,18,21). The van der Waals surface area contributed by atoms with Crippen LogP contribution >= 0.6 is 12.2 Å². The second kappa shape index (κ2) is 5.98. The van der Waals surface area contributed by atoms with Gasteiger partial charge in [-0.1, -0.05) is 37.3 Å². The average molecular weight is 299 g/mol. The van der Waals surface area contributed by atoms with Crippen molar-refractivity contribution in [2.75, 3.05) is 18.0 Å². The maximum Gasteiger partial charge on any atom is 0.139 e. The molecule has 3 nitrogen and oxygen atoms in total. The third-order valence-electron chi connectivity index (χ3n) is 3.94. The Morgan fingerprint density at radius 3 is 2.81 bits per heavy atom. The van der Waals surface area contributed by atoms with Crippen molar-refractivity contribution in [1.29, 1.82) is 0 Å². The number of rotatable bonds is 6. The Morgan fingerprint density at radius 2 is 2.14 bits per heavy atom. The van der Waals surface area contributed by atoms with Crippen LogP contribution in [0, 0.1) is 5.92 Å². The van der Waals surface area contributed by atoms with E-state index in [4.69, 9.17) is 22.9 Å². The average Bonchev–Trinajstić information content (AvgIpc) is 3.29. The number of para-hydroxylation sites is 1. The molecule has 0 amide bonds. The van der Waals surface area contributed by atoms with Crippen LogP contribution in [0.1, 0.15) is 31.7 Å². The van der Waals surface area contributed by atoms with Gasteiger partial charge in [0.05, 0.1) is 11.1 Å². The van der Waals surface area contributed by atoms with Crippen molar-refractivity contribution < 1.29 is 0 Å². The summed E-state index contributed by atoms with van der Waals surface area (Å²) >= 11 is 5.26. The summed E-state index contributed by atoms with van der Waals surface area (Å²) in [6.07, 6.45) is 3.75. The number of pyridine rings is 1. The molecule has 0 unspecified atom stereocenters. The summed E-state index contributed by atoms with van der Waals surface area (Å²) in [6.45, 7) is 4.26. The highest BCUT2D eigenvalue weighted by Gasteiger charge is 2.26. The van der Waals surface area contributed by atoms with Crippen LogP contribution in [0.25, 0.3) is 10.9 Å². The molecule has 1 heterocycles. The van der Waals surface area contributed by atoms with Crippen molar-refractivity contribution in [3.05, 3.63) is 35.9 Å². The van der Waals surface area contributed by atoms with Crippen molar-refractivity contribution in [3.8, 4) is 0 Å². The predicted octanol–water partition coefficient (Wildman–Crippen LogP) is 3.50. The Bertz CT molecular complexity index is 664. The Balaban J connectivity index is 2.07. The van der Waals surface area contributed by atoms with E-state index >= 15 is 0 Å². The first-order valence-electron chi connectivity index (χ1n) is 7.63. The minimum atomic E-state index is 0.431. The molecule has 1 aliphatic rings. The van der Waals surface area contributed by atoms with E-state index in [1.807, 2.05) is 18.2 Å². The first-order valence-corrected chi connectivity index (χ1v) is 8.04. The third-order valence-corrected chi connectivity index (χ3v) is 4.16. The van der Waals surface area contributed by atoms with Gasteiger partial charge in [-0.05, 0) is 37.3 Å². The van der Waals surface area contributed by atoms with Gasteiger partial charge < -0.3 is 10.6 Å². The van der Waals surface area contributed by atoms with Gasteiger partial charge in [0, 0.05) is 18.5 Å². The minimum Gasteiger partial charge on any atom is -0.389 e. The number of anilines is 1. The first-order chi connectivity index (χ1) is 10.2. The fourth-order valence-corrected chi connectivity index (χ4v) is 2.84. The van der Waals surface area contributed by atoms with Gasteiger partial charge in [-0.3, -0.25) is 0 Å². The summed E-state index contributed by atoms with van der Waals surface area (Å²) in [4.78, 5) is 7.65. The highest BCUT2D eigenvalue weighted by Crippen LogP contribution is 2.32. The molecule has 1 aliphatic carbocycles. The Morgan fingerprint density at radius 1 is 1.38 bits per heavy atom. The van der Waals surface area contributed by atoms with Crippen molar-refractivity contribution >= 4 is 33.9 Å². The molecular formula is C17H21N3S. The van der Waals surface area contributed by atoms with E-state index in [9.17, 15) is 0 Å². The first kappa shape index (κ1) is 14.3. The zero-order valence-electron chi connectivity index (χ0n) is 12.4. The maximum atomic E-state index is 5.95. The van der Waals surface area contributed by atoms with Gasteiger partial charge in [0.15, 0.2) is 0 Å². The molecule has 1 aromatic heterocycles. The number of fused-ring (bicyclic) bond motifs is 1. The van der Waals surface area contributed by atoms with Gasteiger partial charge in [-0.2, -0.15) is 0 Å². The lowest BCUT2D eigenvalue weighted by atomic mass is 10.1. The molecule has 3 rings (SSSR count). The molecule has 110 valence electrons. The lowest BCUT2D eigenvalue weighted by molar-refractivity contribution is 0.700. The van der Waals surface area contributed by atoms with Gasteiger partial charge in [0.1, 0.15) is 10.8 Å². The van der Waals surface area contributed by atoms with Crippen LogP contribution in [0.15, 0.2) is 30.3 Å². The lowest BCUT2D eigenvalue weighted by Crippen LogP contribution is -2.30. The summed E-state index contributed by atoms with van der Waals surface area (Å²) in [5.74, 6) is 1.76. The molecule has 0 bridgehead atoms. The Kier molecular flexibility index (Phi) is 4.06. The van der Waals surface area contributed by atoms with Gasteiger partial charge >= 0.3 is 0 Å². The Hall–Kier alpha value is -1.68. The smallest absolute Gasteiger partial charge is 0.139 e. The van der Waals surface area contributed by atoms with Gasteiger partial charge in [0.2, 0.25) is 0 Å². The van der Waals surface area contributed by atoms with Crippen LogP contribution in [-0.2, 0) is 0 Å². The quantitative estimate of drug-likeness (QED) is 0.829. The van der Waals surface area contributed by atoms with Gasteiger partial charge in [-0.15, -0.1) is 0 Å². The highest BCUT2D eigenvalue weighted by molar-refractivity contribution is 7.80. The van der Waals surface area contributed by atoms with E-state index < -0.39 is 0 Å². The molecule has 21 heavy (non-hydrogen) atoms. The summed E-state index contributed by atoms with van der Waals surface area (Å²) in [6, 6.07) is 10.2. The number of benzene rings is 1. The second-order valence-corrected chi connectivity index (χ2v) is 6.25. The van der Waals surface area contributed by atoms with Crippen molar-refractivity contribution in [2.24, 2.45) is 11.7 Å². The molecule has 4 heteroatoms. The molecular weight excluding hydrogens is 278 g/mol. The number of nitrogens with zero attached hydrogens (tertiary/aromatic N) is 2. The van der Waals surface area contributed by atoms with Gasteiger partial charge in [-0.25, -0.2) is 4.98 Å². The molecule has 0 saturated heterocycles. The molecule has 1 saturated carbocycles. The van der Waals surface area contributed by atoms with Crippen LogP contribution in [-0.4, -0.2) is 23.1 Å². The fraction of sp³-hybridized carbons (Fsp3) is 0.412. The normalized spacial score (nSPS) is 14.3. The van der Waals surface area contributed by atoms with E-state index in [1.165, 1.54) is 12.8 Å². The topological polar surface area (TPSA) is 42.2 Å². The number of aromatic nitrogens is 1. The SMILES string of the molecule is CCCN(CC1CC1)c1nc2ccccc2cc1C(N)=S. The van der Waals surface area contributed by atoms with E-state index in [0.29, 0.717) is 4.99 Å². The summed E-state index contributed by atoms with van der Waals surface area (Å²) < 4.78 is 0. The van der Waals surface area contributed by atoms with E-state index in [-0.39, 0.29) is 0 Å². The molecule has 0 aliphatic heterocycles. The van der Waals surface area contributed by atoms with E-state index in [1.54, 1.807) is 0 Å². The monoisotopic (exact) mass is 299 g/mol. The Labute approximate surface area is 131 Å². The molecule has 1 aromatic carbocycles. The van der Waals surface area contributed by atoms with Crippen LogP contribution in [0.3, 0.4) is 0 Å². The fourth-order valence-electron chi connectivity index (χ4n) is 2.69. The summed E-state index contributed by atoms with van der Waals surface area (Å²) in [7, 11) is 0. The number of thiocarbonyl (C=S) groups is 1. The number of nitrogens with two attached hydrogens (primary N) is 1. The zero-order chi connectivity index (χ0) is 14.8. The van der Waals surface area contributed by atoms with Crippen molar-refractivity contribution in [2.45, 2.75) is 26.2 Å². The lowest BCUT2D eigenvalue weighted by Gasteiger charge is -2.25. The van der Waals surface area contributed by atoms with Crippen molar-refractivity contribution in [1.82, 2.24) is 4.98 Å². The molecule has 2 aromatic rings. The largest absolute Gasteiger partial charge is 0.389 e. The van der Waals surface area contributed by atoms with Crippen molar-refractivity contribution in [3.63, 3.8) is 0 Å². The third kappa shape index (κ3) is 3.16. The van der Waals surface area contributed by atoms with E-state index in [0.717, 1.165) is 47.7 Å². The van der Waals surface area contributed by atoms with Crippen LogP contribution in [0.4, 0.5) is 5.82 Å². The summed E-state index contributed by atoms with van der Waals surface area (Å²) in [5.41, 5.74) is 7.86. The van der Waals surface area contributed by atoms with Gasteiger partial charge in [0.25, 0.3) is 0 Å². The maximum absolute atomic E-state index is 5.95. The molecule has 0 atom stereocenters. The van der Waals surface area contributed by atoms with Crippen LogP contribution in [0.2, 0.25) is 0 Å². The number of hydrogen-bond donors (Lipinski definition) is 1. The summed E-state index contributed by atoms with van der Waals surface area (Å²) in [5, 5.41) is 1.09. The predicted molar refractivity (Wildman–Crippen MR) is 92.9 cm³/mol. The molecule has 2 N–H and O–H groups in total. The van der Waals surface area contributed by atoms with Crippen LogP contribution < -0.4 is 10.6 Å². The second-order valence-electron chi connectivity index (χ2n) is 5.81. The minimum absolute atomic E-state index is 0.431. The molecule has 1 fully saturated rings. The zero-order valence-corrected chi connectivity index (χ0v) is 13.2. The number of hydrogen-bond acceptors (Lipinski definition) is 3. The highest BCUT2D eigenvalue weighted by atomic mass is 32.1. The molecule has 0 radical (unpaired) electrons. The van der Waals surface area contributed by atoms with Crippen LogP contribution in [0.5, 0.6) is 0 Å². The van der Waals surface area contributed by atoms with E-state index in [2.05, 4.69) is 24.0 Å². The molecule has 0 spiro atoms.